The molecule has 0 bridgehead atoms. The summed E-state index contributed by atoms with van der Waals surface area (Å²) in [7, 11) is 1.63. The molecule has 6 nitrogen and oxygen atoms in total. The number of ether oxygens (including phenoxy) is 2. The van der Waals surface area contributed by atoms with Crippen LogP contribution in [0.15, 0.2) is 36.4 Å². The Morgan fingerprint density at radius 3 is 2.59 bits per heavy atom. The van der Waals surface area contributed by atoms with Crippen molar-refractivity contribution in [3.05, 3.63) is 59.0 Å². The van der Waals surface area contributed by atoms with Crippen molar-refractivity contribution in [2.45, 2.75) is 44.9 Å². The number of hydrogen-bond donors (Lipinski definition) is 0. The van der Waals surface area contributed by atoms with Crippen LogP contribution in [0.4, 0.5) is 13.2 Å². The Hall–Kier alpha value is -2.65. The lowest BCUT2D eigenvalue weighted by molar-refractivity contribution is -0.142. The van der Waals surface area contributed by atoms with Crippen molar-refractivity contribution in [2.24, 2.45) is 0 Å². The van der Waals surface area contributed by atoms with Crippen molar-refractivity contribution < 1.29 is 22.6 Å². The minimum atomic E-state index is -4.49. The molecular formula is C23H27F3N4O2. The number of halogens is 3. The van der Waals surface area contributed by atoms with E-state index in [0.29, 0.717) is 37.6 Å². The summed E-state index contributed by atoms with van der Waals surface area (Å²) in [6, 6.07) is 10.6. The Morgan fingerprint density at radius 2 is 1.91 bits per heavy atom. The highest BCUT2D eigenvalue weighted by molar-refractivity contribution is 5.43. The maximum Gasteiger partial charge on any atom is 0.433 e. The van der Waals surface area contributed by atoms with Crippen LogP contribution in [-0.4, -0.2) is 46.4 Å². The molecule has 0 unspecified atom stereocenters. The number of aromatic nitrogens is 3. The number of methoxy groups -OCH3 is 1. The summed E-state index contributed by atoms with van der Waals surface area (Å²) in [5.74, 6) is 0.779. The lowest BCUT2D eigenvalue weighted by Crippen LogP contribution is -2.23. The van der Waals surface area contributed by atoms with Gasteiger partial charge in [0.15, 0.2) is 5.65 Å². The van der Waals surface area contributed by atoms with E-state index in [0.717, 1.165) is 41.3 Å². The zero-order valence-electron chi connectivity index (χ0n) is 18.2. The van der Waals surface area contributed by atoms with E-state index >= 15 is 0 Å². The van der Waals surface area contributed by atoms with Crippen LogP contribution in [0.25, 0.3) is 5.65 Å². The second kappa shape index (κ2) is 9.46. The first kappa shape index (κ1) is 22.5. The number of rotatable bonds is 8. The van der Waals surface area contributed by atoms with Gasteiger partial charge in [-0.15, -0.1) is 0 Å². The molecule has 1 fully saturated rings. The van der Waals surface area contributed by atoms with Gasteiger partial charge in [-0.2, -0.15) is 18.3 Å². The first-order chi connectivity index (χ1) is 15.4. The number of benzene rings is 1. The molecule has 0 radical (unpaired) electrons. The number of fused-ring (bicyclic) bond motifs is 1. The maximum absolute atomic E-state index is 13.6. The van der Waals surface area contributed by atoms with Crippen LogP contribution < -0.4 is 4.74 Å². The molecule has 4 rings (SSSR count). The van der Waals surface area contributed by atoms with E-state index in [4.69, 9.17) is 9.47 Å². The average molecular weight is 448 g/mol. The van der Waals surface area contributed by atoms with E-state index in [2.05, 4.69) is 15.0 Å². The van der Waals surface area contributed by atoms with Crippen LogP contribution in [0.5, 0.6) is 5.75 Å². The maximum atomic E-state index is 13.6. The smallest absolute Gasteiger partial charge is 0.433 e. The van der Waals surface area contributed by atoms with Gasteiger partial charge in [-0.05, 0) is 49.6 Å². The summed E-state index contributed by atoms with van der Waals surface area (Å²) in [6.45, 7) is 4.37. The van der Waals surface area contributed by atoms with Crippen molar-refractivity contribution >= 4 is 5.65 Å². The Bertz CT molecular complexity index is 1050. The zero-order valence-corrected chi connectivity index (χ0v) is 18.2. The van der Waals surface area contributed by atoms with Gasteiger partial charge in [0.05, 0.1) is 18.3 Å². The Morgan fingerprint density at radius 1 is 1.12 bits per heavy atom. The van der Waals surface area contributed by atoms with E-state index < -0.39 is 11.9 Å². The van der Waals surface area contributed by atoms with Crippen molar-refractivity contribution in [1.82, 2.24) is 19.5 Å². The third-order valence-electron chi connectivity index (χ3n) is 5.72. The number of likely N-dealkylation sites (tertiary alicyclic amines) is 1. The largest absolute Gasteiger partial charge is 0.491 e. The summed E-state index contributed by atoms with van der Waals surface area (Å²) < 4.78 is 52.3. The normalized spacial score (nSPS) is 17.3. The number of alkyl halides is 3. The molecule has 0 aliphatic carbocycles. The molecular weight excluding hydrogens is 421 g/mol. The molecule has 172 valence electrons. The number of hydrogen-bond acceptors (Lipinski definition) is 5. The molecule has 1 saturated heterocycles. The monoisotopic (exact) mass is 448 g/mol. The fraction of sp³-hybridized carbons (Fsp3) is 0.478. The quantitative estimate of drug-likeness (QED) is 0.469. The van der Waals surface area contributed by atoms with Crippen molar-refractivity contribution in [1.29, 1.82) is 0 Å². The predicted octanol–water partition coefficient (Wildman–Crippen LogP) is 4.67. The minimum Gasteiger partial charge on any atom is -0.491 e. The van der Waals surface area contributed by atoms with E-state index in [9.17, 15) is 13.2 Å². The third-order valence-corrected chi connectivity index (χ3v) is 5.72. The van der Waals surface area contributed by atoms with E-state index in [-0.39, 0.29) is 11.7 Å². The highest BCUT2D eigenvalue weighted by Crippen LogP contribution is 2.35. The third kappa shape index (κ3) is 4.88. The standard InChI is InChI=1S/C23H27F3N4O2/c1-3-17-13-21(23(24,25)26)30-22(27-17)14-19(28-30)20-5-4-10-29(20)15-16-6-8-18(9-7-16)32-12-11-31-2/h6-9,13-14,20H,3-5,10-12,15H2,1-2H3/t20-/m0/s1. The number of aryl methyl sites for hydroxylation is 1. The molecule has 0 spiro atoms. The molecule has 1 aromatic carbocycles. The Balaban J connectivity index is 1.54. The zero-order chi connectivity index (χ0) is 22.7. The summed E-state index contributed by atoms with van der Waals surface area (Å²) >= 11 is 0. The molecule has 0 saturated carbocycles. The van der Waals surface area contributed by atoms with Gasteiger partial charge in [-0.3, -0.25) is 4.90 Å². The summed E-state index contributed by atoms with van der Waals surface area (Å²) in [4.78, 5) is 6.63. The Kier molecular flexibility index (Phi) is 6.66. The second-order valence-corrected chi connectivity index (χ2v) is 7.94. The van der Waals surface area contributed by atoms with Crippen LogP contribution in [0.1, 0.15) is 48.5 Å². The Labute approximate surface area is 185 Å². The lowest BCUT2D eigenvalue weighted by Gasteiger charge is -2.23. The molecule has 0 N–H and O–H groups in total. The minimum absolute atomic E-state index is 0.0412. The second-order valence-electron chi connectivity index (χ2n) is 7.94. The molecule has 1 aliphatic heterocycles. The highest BCUT2D eigenvalue weighted by Gasteiger charge is 2.36. The molecule has 3 heterocycles. The molecule has 1 atom stereocenters. The fourth-order valence-electron chi connectivity index (χ4n) is 4.11. The molecule has 2 aromatic heterocycles. The lowest BCUT2D eigenvalue weighted by atomic mass is 10.1. The van der Waals surface area contributed by atoms with Gasteiger partial charge >= 0.3 is 6.18 Å². The van der Waals surface area contributed by atoms with Gasteiger partial charge in [0, 0.05) is 25.4 Å². The van der Waals surface area contributed by atoms with Crippen LogP contribution in [0.3, 0.4) is 0 Å². The molecule has 3 aromatic rings. The van der Waals surface area contributed by atoms with Crippen LogP contribution in [0, 0.1) is 0 Å². The summed E-state index contributed by atoms with van der Waals surface area (Å²) in [6.07, 6.45) is -2.24. The highest BCUT2D eigenvalue weighted by atomic mass is 19.4. The topological polar surface area (TPSA) is 51.9 Å². The van der Waals surface area contributed by atoms with E-state index in [1.54, 1.807) is 20.1 Å². The van der Waals surface area contributed by atoms with Crippen molar-refractivity contribution in [3.63, 3.8) is 0 Å². The van der Waals surface area contributed by atoms with Crippen LogP contribution in [-0.2, 0) is 23.9 Å². The van der Waals surface area contributed by atoms with Crippen LogP contribution in [0.2, 0.25) is 0 Å². The van der Waals surface area contributed by atoms with E-state index in [1.165, 1.54) is 0 Å². The van der Waals surface area contributed by atoms with Crippen molar-refractivity contribution in [2.75, 3.05) is 26.9 Å². The first-order valence-electron chi connectivity index (χ1n) is 10.8. The van der Waals surface area contributed by atoms with Gasteiger partial charge in [0.25, 0.3) is 0 Å². The first-order valence-corrected chi connectivity index (χ1v) is 10.8. The summed E-state index contributed by atoms with van der Waals surface area (Å²) in [5, 5.41) is 4.34. The van der Waals surface area contributed by atoms with Gasteiger partial charge in [0.1, 0.15) is 18.1 Å². The predicted molar refractivity (Wildman–Crippen MR) is 114 cm³/mol. The van der Waals surface area contributed by atoms with Gasteiger partial charge in [-0.1, -0.05) is 19.1 Å². The SMILES string of the molecule is CCc1cc(C(F)(F)F)n2nc([C@@H]3CCCN3Cc3ccc(OCCOC)cc3)cc2n1. The molecule has 32 heavy (non-hydrogen) atoms. The fourth-order valence-corrected chi connectivity index (χ4v) is 4.11. The number of nitrogens with zero attached hydrogens (tertiary/aromatic N) is 4. The molecule has 9 heteroatoms. The average Bonchev–Trinajstić information content (AvgIpc) is 3.40. The van der Waals surface area contributed by atoms with Gasteiger partial charge in [0.2, 0.25) is 0 Å². The van der Waals surface area contributed by atoms with E-state index in [1.807, 2.05) is 24.3 Å². The summed E-state index contributed by atoms with van der Waals surface area (Å²) in [5.41, 5.74) is 1.62. The van der Waals surface area contributed by atoms with Gasteiger partial charge in [-0.25, -0.2) is 9.50 Å². The van der Waals surface area contributed by atoms with Crippen molar-refractivity contribution in [3.8, 4) is 5.75 Å². The van der Waals surface area contributed by atoms with Gasteiger partial charge < -0.3 is 9.47 Å². The van der Waals surface area contributed by atoms with Crippen LogP contribution >= 0.6 is 0 Å². The molecule has 0 amide bonds. The molecule has 1 aliphatic rings.